The van der Waals surface area contributed by atoms with Crippen molar-refractivity contribution in [2.75, 3.05) is 5.75 Å². The molecule has 0 aliphatic rings. The van der Waals surface area contributed by atoms with Crippen molar-refractivity contribution >= 4 is 35.0 Å². The number of carboxylic acids is 1. The molecule has 20 heavy (non-hydrogen) atoms. The Labute approximate surface area is 121 Å². The van der Waals surface area contributed by atoms with Gasteiger partial charge in [0, 0.05) is 6.07 Å². The van der Waals surface area contributed by atoms with E-state index in [1.165, 1.54) is 6.07 Å². The van der Waals surface area contributed by atoms with E-state index in [2.05, 4.69) is 4.98 Å². The average molecular weight is 314 g/mol. The minimum atomic E-state index is -1.05. The SMILES string of the molecule is Cc1cc(=O)n(C(=O)CSc2nc(C)c(C(=O)O)s2)o1. The summed E-state index contributed by atoms with van der Waals surface area (Å²) >= 11 is 2.06. The maximum absolute atomic E-state index is 11.8. The molecule has 9 heteroatoms. The summed E-state index contributed by atoms with van der Waals surface area (Å²) in [6, 6.07) is 1.22. The molecular formula is C11H10N2O5S2. The van der Waals surface area contributed by atoms with E-state index in [-0.39, 0.29) is 10.6 Å². The summed E-state index contributed by atoms with van der Waals surface area (Å²) in [4.78, 5) is 38.3. The highest BCUT2D eigenvalue weighted by Crippen LogP contribution is 2.27. The first-order valence-corrected chi connectivity index (χ1v) is 7.25. The Bertz CT molecular complexity index is 727. The van der Waals surface area contributed by atoms with E-state index in [9.17, 15) is 14.4 Å². The minimum Gasteiger partial charge on any atom is -0.477 e. The number of thioether (sulfide) groups is 1. The quantitative estimate of drug-likeness (QED) is 0.856. The maximum Gasteiger partial charge on any atom is 0.347 e. The number of aromatic carboxylic acids is 1. The molecule has 2 aromatic heterocycles. The van der Waals surface area contributed by atoms with Crippen LogP contribution in [-0.2, 0) is 0 Å². The van der Waals surface area contributed by atoms with Crippen LogP contribution in [0.2, 0.25) is 0 Å². The lowest BCUT2D eigenvalue weighted by Crippen LogP contribution is -2.23. The van der Waals surface area contributed by atoms with Crippen molar-refractivity contribution in [2.24, 2.45) is 0 Å². The Kier molecular flexibility index (Phi) is 4.09. The smallest absolute Gasteiger partial charge is 0.347 e. The Hall–Kier alpha value is -1.87. The molecule has 0 bridgehead atoms. The van der Waals surface area contributed by atoms with Crippen LogP contribution in [0.15, 0.2) is 19.7 Å². The number of carbonyl (C=O) groups is 2. The zero-order valence-electron chi connectivity index (χ0n) is 10.6. The first-order valence-electron chi connectivity index (χ1n) is 5.45. The first-order chi connectivity index (χ1) is 9.38. The molecule has 0 atom stereocenters. The fourth-order valence-corrected chi connectivity index (χ4v) is 3.30. The fourth-order valence-electron chi connectivity index (χ4n) is 1.44. The van der Waals surface area contributed by atoms with E-state index in [0.29, 0.717) is 20.5 Å². The molecule has 0 fully saturated rings. The van der Waals surface area contributed by atoms with Gasteiger partial charge in [0.2, 0.25) is 0 Å². The van der Waals surface area contributed by atoms with Gasteiger partial charge in [0.15, 0.2) is 4.34 Å². The molecule has 0 aliphatic heterocycles. The highest BCUT2D eigenvalue weighted by Gasteiger charge is 2.17. The molecule has 2 heterocycles. The second-order valence-electron chi connectivity index (χ2n) is 3.86. The van der Waals surface area contributed by atoms with Crippen molar-refractivity contribution in [3.8, 4) is 0 Å². The zero-order valence-corrected chi connectivity index (χ0v) is 12.2. The summed E-state index contributed by atoms with van der Waals surface area (Å²) in [6.07, 6.45) is 0. The number of aromatic nitrogens is 2. The second kappa shape index (κ2) is 5.63. The van der Waals surface area contributed by atoms with Crippen LogP contribution in [0.4, 0.5) is 0 Å². The van der Waals surface area contributed by atoms with Gasteiger partial charge in [-0.05, 0) is 13.8 Å². The number of carbonyl (C=O) groups excluding carboxylic acids is 1. The third-order valence-corrected chi connectivity index (χ3v) is 4.55. The molecule has 0 aliphatic carbocycles. The Balaban J connectivity index is 2.07. The minimum absolute atomic E-state index is 0.0567. The molecule has 1 N–H and O–H groups in total. The van der Waals surface area contributed by atoms with Gasteiger partial charge >= 0.3 is 5.97 Å². The molecule has 0 aromatic carbocycles. The number of aryl methyl sites for hydroxylation is 2. The van der Waals surface area contributed by atoms with Crippen molar-refractivity contribution < 1.29 is 19.2 Å². The van der Waals surface area contributed by atoms with Crippen molar-refractivity contribution in [1.29, 1.82) is 0 Å². The van der Waals surface area contributed by atoms with Gasteiger partial charge in [0.1, 0.15) is 10.6 Å². The van der Waals surface area contributed by atoms with Gasteiger partial charge in [-0.25, -0.2) is 9.78 Å². The zero-order chi connectivity index (χ0) is 14.9. The summed E-state index contributed by atoms with van der Waals surface area (Å²) < 4.78 is 6.11. The largest absolute Gasteiger partial charge is 0.477 e. The highest BCUT2D eigenvalue weighted by atomic mass is 32.2. The summed E-state index contributed by atoms with van der Waals surface area (Å²) in [5, 5.41) is 8.91. The number of hydrogen-bond donors (Lipinski definition) is 1. The van der Waals surface area contributed by atoms with Crippen LogP contribution < -0.4 is 5.56 Å². The predicted molar refractivity (Wildman–Crippen MR) is 72.9 cm³/mol. The van der Waals surface area contributed by atoms with E-state index in [4.69, 9.17) is 9.63 Å². The summed E-state index contributed by atoms with van der Waals surface area (Å²) in [6.45, 7) is 3.16. The standard InChI is InChI=1S/C11H10N2O5S2/c1-5-3-7(14)13(18-5)8(15)4-19-11-12-6(2)9(20-11)10(16)17/h3H,4H2,1-2H3,(H,16,17). The number of thiazole rings is 1. The van der Waals surface area contributed by atoms with Crippen LogP contribution in [0.5, 0.6) is 0 Å². The van der Waals surface area contributed by atoms with Gasteiger partial charge in [0.25, 0.3) is 11.5 Å². The summed E-state index contributed by atoms with van der Waals surface area (Å²) in [5.41, 5.74) is -0.113. The molecule has 7 nitrogen and oxygen atoms in total. The van der Waals surface area contributed by atoms with Crippen LogP contribution in [-0.4, -0.2) is 32.5 Å². The van der Waals surface area contributed by atoms with Gasteiger partial charge in [-0.15, -0.1) is 16.1 Å². The number of rotatable bonds is 4. The topological polar surface area (TPSA) is 102 Å². The number of hydrogen-bond acceptors (Lipinski definition) is 7. The lowest BCUT2D eigenvalue weighted by Gasteiger charge is -1.97. The second-order valence-corrected chi connectivity index (χ2v) is 6.08. The van der Waals surface area contributed by atoms with E-state index in [1.807, 2.05) is 0 Å². The molecule has 0 amide bonds. The van der Waals surface area contributed by atoms with Gasteiger partial charge in [-0.1, -0.05) is 11.8 Å². The van der Waals surface area contributed by atoms with Crippen molar-refractivity contribution in [2.45, 2.75) is 18.2 Å². The normalized spacial score (nSPS) is 10.7. The third-order valence-electron chi connectivity index (χ3n) is 2.28. The van der Waals surface area contributed by atoms with E-state index in [1.54, 1.807) is 13.8 Å². The van der Waals surface area contributed by atoms with Gasteiger partial charge in [-0.3, -0.25) is 9.59 Å². The Morgan fingerprint density at radius 1 is 1.50 bits per heavy atom. The average Bonchev–Trinajstić information content (AvgIpc) is 2.89. The van der Waals surface area contributed by atoms with E-state index < -0.39 is 17.4 Å². The van der Waals surface area contributed by atoms with E-state index in [0.717, 1.165) is 23.1 Å². The van der Waals surface area contributed by atoms with Gasteiger partial charge in [0.05, 0.1) is 11.4 Å². The van der Waals surface area contributed by atoms with Crippen LogP contribution >= 0.6 is 23.1 Å². The molecule has 0 radical (unpaired) electrons. The fraction of sp³-hybridized carbons (Fsp3) is 0.273. The van der Waals surface area contributed by atoms with Gasteiger partial charge in [-0.2, -0.15) is 0 Å². The summed E-state index contributed by atoms with van der Waals surface area (Å²) in [7, 11) is 0. The number of nitrogens with zero attached hydrogens (tertiary/aromatic N) is 2. The molecular weight excluding hydrogens is 304 g/mol. The van der Waals surface area contributed by atoms with Crippen molar-refractivity contribution in [1.82, 2.24) is 9.72 Å². The Morgan fingerprint density at radius 3 is 2.70 bits per heavy atom. The Morgan fingerprint density at radius 2 is 2.20 bits per heavy atom. The van der Waals surface area contributed by atoms with Crippen molar-refractivity contribution in [3.05, 3.63) is 32.8 Å². The van der Waals surface area contributed by atoms with Crippen LogP contribution in [0.25, 0.3) is 0 Å². The van der Waals surface area contributed by atoms with Gasteiger partial charge < -0.3 is 9.63 Å². The summed E-state index contributed by atoms with van der Waals surface area (Å²) in [5.74, 6) is -1.26. The van der Waals surface area contributed by atoms with Crippen molar-refractivity contribution in [3.63, 3.8) is 0 Å². The van der Waals surface area contributed by atoms with Crippen LogP contribution in [0.3, 0.4) is 0 Å². The van der Waals surface area contributed by atoms with E-state index >= 15 is 0 Å². The van der Waals surface area contributed by atoms with Crippen LogP contribution in [0.1, 0.15) is 25.9 Å². The third kappa shape index (κ3) is 2.99. The monoisotopic (exact) mass is 314 g/mol. The first kappa shape index (κ1) is 14.5. The molecule has 0 unspecified atom stereocenters. The highest BCUT2D eigenvalue weighted by molar-refractivity contribution is 8.01. The lowest BCUT2D eigenvalue weighted by atomic mass is 10.4. The van der Waals surface area contributed by atoms with Crippen LogP contribution in [0, 0.1) is 13.8 Å². The molecule has 2 rings (SSSR count). The maximum atomic E-state index is 11.8. The molecule has 2 aromatic rings. The predicted octanol–water partition coefficient (Wildman–Crippen LogP) is 1.65. The number of carboxylic acid groups (broad SMARTS) is 1. The molecule has 106 valence electrons. The molecule has 0 saturated carbocycles. The molecule has 0 saturated heterocycles. The molecule has 0 spiro atoms. The lowest BCUT2D eigenvalue weighted by molar-refractivity contribution is 0.0700.